The summed E-state index contributed by atoms with van der Waals surface area (Å²) in [5, 5.41) is -0.906. The third-order valence-electron chi connectivity index (χ3n) is 3.02. The molecule has 0 saturated carbocycles. The molecule has 1 saturated heterocycles. The molecule has 110 valence electrons. The molecule has 1 atom stereocenters. The van der Waals surface area contributed by atoms with Gasteiger partial charge in [-0.3, -0.25) is 4.79 Å². The second-order valence-electron chi connectivity index (χ2n) is 4.52. The molecule has 1 aromatic carbocycles. The summed E-state index contributed by atoms with van der Waals surface area (Å²) >= 11 is 5.55. The average molecular weight is 335 g/mol. The molecule has 1 unspecified atom stereocenters. The number of halogens is 1. The average Bonchev–Trinajstić information content (AvgIpc) is 2.40. The van der Waals surface area contributed by atoms with E-state index in [1.54, 1.807) is 0 Å². The molecule has 0 radical (unpaired) electrons. The molecule has 2 rings (SSSR count). The zero-order valence-electron chi connectivity index (χ0n) is 10.7. The molecule has 1 amide bonds. The van der Waals surface area contributed by atoms with E-state index >= 15 is 0 Å². The lowest BCUT2D eigenvalue weighted by atomic mass is 10.2. The summed E-state index contributed by atoms with van der Waals surface area (Å²) in [4.78, 5) is 14.1. The summed E-state index contributed by atoms with van der Waals surface area (Å²) in [6.07, 6.45) is 1.09. The number of hydrogen-bond donors (Lipinski definition) is 1. The van der Waals surface area contributed by atoms with Crippen molar-refractivity contribution in [1.82, 2.24) is 4.90 Å². The highest BCUT2D eigenvalue weighted by atomic mass is 32.2. The minimum atomic E-state index is -3.41. The van der Waals surface area contributed by atoms with Crippen LogP contribution in [0.1, 0.15) is 10.4 Å². The van der Waals surface area contributed by atoms with Crippen molar-refractivity contribution in [2.45, 2.75) is 10.3 Å². The Hall–Kier alpha value is -0.730. The maximum absolute atomic E-state index is 13.8. The SMILES string of the molecule is CS(=O)(=O)C1CSCCN1C(=O)c1cc(S)ccc1F. The van der Waals surface area contributed by atoms with Crippen LogP contribution in [0.5, 0.6) is 0 Å². The first-order valence-corrected chi connectivity index (χ1v) is 9.42. The van der Waals surface area contributed by atoms with Gasteiger partial charge in [-0.2, -0.15) is 11.8 Å². The number of rotatable bonds is 2. The lowest BCUT2D eigenvalue weighted by Gasteiger charge is -2.34. The van der Waals surface area contributed by atoms with Crippen LogP contribution in [0.3, 0.4) is 0 Å². The molecule has 8 heteroatoms. The zero-order chi connectivity index (χ0) is 14.9. The van der Waals surface area contributed by atoms with Crippen molar-refractivity contribution in [1.29, 1.82) is 0 Å². The predicted molar refractivity (Wildman–Crippen MR) is 80.6 cm³/mol. The number of nitrogens with zero attached hydrogens (tertiary/aromatic N) is 1. The minimum absolute atomic E-state index is 0.141. The van der Waals surface area contributed by atoms with Gasteiger partial charge in [-0.1, -0.05) is 0 Å². The van der Waals surface area contributed by atoms with Gasteiger partial charge < -0.3 is 4.90 Å². The summed E-state index contributed by atoms with van der Waals surface area (Å²) in [6.45, 7) is 0.289. The fraction of sp³-hybridized carbons (Fsp3) is 0.417. The molecule has 1 aromatic rings. The van der Waals surface area contributed by atoms with Gasteiger partial charge in [0.15, 0.2) is 9.84 Å². The predicted octanol–water partition coefficient (Wildman–Crippen LogP) is 1.67. The van der Waals surface area contributed by atoms with Gasteiger partial charge in [0.2, 0.25) is 0 Å². The van der Waals surface area contributed by atoms with Crippen molar-refractivity contribution in [2.75, 3.05) is 24.3 Å². The van der Waals surface area contributed by atoms with Gasteiger partial charge in [0, 0.05) is 29.2 Å². The molecule has 0 spiro atoms. The Bertz CT molecular complexity index is 633. The normalized spacial score (nSPS) is 19.9. The number of carbonyl (C=O) groups is 1. The zero-order valence-corrected chi connectivity index (χ0v) is 13.3. The van der Waals surface area contributed by atoms with Crippen molar-refractivity contribution in [2.24, 2.45) is 0 Å². The van der Waals surface area contributed by atoms with Gasteiger partial charge in [0.25, 0.3) is 5.91 Å². The fourth-order valence-electron chi connectivity index (χ4n) is 2.00. The van der Waals surface area contributed by atoms with Gasteiger partial charge in [-0.25, -0.2) is 12.8 Å². The quantitative estimate of drug-likeness (QED) is 0.836. The van der Waals surface area contributed by atoms with Crippen LogP contribution in [0.25, 0.3) is 0 Å². The molecule has 0 bridgehead atoms. The Morgan fingerprint density at radius 1 is 1.50 bits per heavy atom. The van der Waals surface area contributed by atoms with E-state index in [0.717, 1.165) is 12.3 Å². The largest absolute Gasteiger partial charge is 0.320 e. The summed E-state index contributed by atoms with van der Waals surface area (Å²) < 4.78 is 37.3. The highest BCUT2D eigenvalue weighted by molar-refractivity contribution is 8.00. The summed E-state index contributed by atoms with van der Waals surface area (Å²) in [7, 11) is -3.41. The molecule has 1 fully saturated rings. The lowest BCUT2D eigenvalue weighted by molar-refractivity contribution is 0.0744. The fourth-order valence-corrected chi connectivity index (χ4v) is 5.02. The molecular weight excluding hydrogens is 321 g/mol. The van der Waals surface area contributed by atoms with Crippen molar-refractivity contribution in [3.8, 4) is 0 Å². The van der Waals surface area contributed by atoms with Crippen LogP contribution in [0.15, 0.2) is 23.1 Å². The number of sulfone groups is 1. The van der Waals surface area contributed by atoms with Crippen molar-refractivity contribution < 1.29 is 17.6 Å². The third-order valence-corrected chi connectivity index (χ3v) is 5.94. The van der Waals surface area contributed by atoms with Crippen LogP contribution in [-0.4, -0.2) is 48.9 Å². The molecule has 1 heterocycles. The molecule has 1 aliphatic heterocycles. The van der Waals surface area contributed by atoms with Crippen LogP contribution in [-0.2, 0) is 9.84 Å². The van der Waals surface area contributed by atoms with Gasteiger partial charge in [0.1, 0.15) is 11.2 Å². The Morgan fingerprint density at radius 2 is 2.20 bits per heavy atom. The molecule has 1 aliphatic rings. The van der Waals surface area contributed by atoms with Crippen LogP contribution >= 0.6 is 24.4 Å². The second-order valence-corrected chi connectivity index (χ2v) is 8.39. The summed E-state index contributed by atoms with van der Waals surface area (Å²) in [5.74, 6) is -0.320. The Kier molecular flexibility index (Phi) is 4.66. The third kappa shape index (κ3) is 3.29. The van der Waals surface area contributed by atoms with Crippen LogP contribution in [0.4, 0.5) is 4.39 Å². The summed E-state index contributed by atoms with van der Waals surface area (Å²) in [6, 6.07) is 3.92. The minimum Gasteiger partial charge on any atom is -0.320 e. The number of carbonyl (C=O) groups excluding carboxylic acids is 1. The van der Waals surface area contributed by atoms with Gasteiger partial charge in [-0.15, -0.1) is 12.6 Å². The van der Waals surface area contributed by atoms with Gasteiger partial charge in [-0.05, 0) is 18.2 Å². The number of thiol groups is 1. The van der Waals surface area contributed by atoms with E-state index in [9.17, 15) is 17.6 Å². The number of thioether (sulfide) groups is 1. The van der Waals surface area contributed by atoms with Crippen molar-refractivity contribution in [3.05, 3.63) is 29.6 Å². The first-order chi connectivity index (χ1) is 9.30. The monoisotopic (exact) mass is 335 g/mol. The Morgan fingerprint density at radius 3 is 2.85 bits per heavy atom. The first-order valence-electron chi connectivity index (χ1n) is 5.87. The first kappa shape index (κ1) is 15.7. The molecule has 0 aromatic heterocycles. The van der Waals surface area contributed by atoms with Gasteiger partial charge >= 0.3 is 0 Å². The highest BCUT2D eigenvalue weighted by Crippen LogP contribution is 2.24. The highest BCUT2D eigenvalue weighted by Gasteiger charge is 2.35. The van der Waals surface area contributed by atoms with E-state index in [4.69, 9.17) is 0 Å². The van der Waals surface area contributed by atoms with E-state index in [-0.39, 0.29) is 12.1 Å². The van der Waals surface area contributed by atoms with E-state index in [2.05, 4.69) is 12.6 Å². The van der Waals surface area contributed by atoms with Crippen LogP contribution in [0, 0.1) is 5.82 Å². The van der Waals surface area contributed by atoms with Crippen molar-refractivity contribution in [3.63, 3.8) is 0 Å². The maximum Gasteiger partial charge on any atom is 0.257 e. The van der Waals surface area contributed by atoms with E-state index in [1.807, 2.05) is 0 Å². The smallest absolute Gasteiger partial charge is 0.257 e. The van der Waals surface area contributed by atoms with Gasteiger partial charge in [0.05, 0.1) is 5.56 Å². The van der Waals surface area contributed by atoms with E-state index < -0.39 is 26.9 Å². The summed E-state index contributed by atoms with van der Waals surface area (Å²) in [5.41, 5.74) is -0.141. The number of amides is 1. The van der Waals surface area contributed by atoms with Crippen molar-refractivity contribution >= 4 is 40.1 Å². The Balaban J connectivity index is 2.37. The lowest BCUT2D eigenvalue weighted by Crippen LogP contribution is -2.50. The second kappa shape index (κ2) is 5.95. The van der Waals surface area contributed by atoms with Crippen LogP contribution in [0.2, 0.25) is 0 Å². The molecule has 0 N–H and O–H groups in total. The van der Waals surface area contributed by atoms with Crippen LogP contribution < -0.4 is 0 Å². The Labute approximate surface area is 127 Å². The van der Waals surface area contributed by atoms with E-state index in [1.165, 1.54) is 28.8 Å². The molecule has 20 heavy (non-hydrogen) atoms. The molecular formula is C12H14FNO3S3. The topological polar surface area (TPSA) is 54.5 Å². The standard InChI is InChI=1S/C12H14FNO3S3/c1-20(16,17)11-7-19-5-4-14(11)12(15)9-6-8(18)2-3-10(9)13/h2-3,6,11,18H,4-5,7H2,1H3. The maximum atomic E-state index is 13.8. The molecule has 4 nitrogen and oxygen atoms in total. The van der Waals surface area contributed by atoms with E-state index in [0.29, 0.717) is 16.4 Å². The number of benzene rings is 1. The number of hydrogen-bond acceptors (Lipinski definition) is 5. The molecule has 0 aliphatic carbocycles.